The Labute approximate surface area is 170 Å². The molecule has 0 aromatic heterocycles. The number of anilines is 1. The van der Waals surface area contributed by atoms with Crippen LogP contribution in [0.1, 0.15) is 47.7 Å². The molecule has 0 unspecified atom stereocenters. The summed E-state index contributed by atoms with van der Waals surface area (Å²) in [7, 11) is 0. The molecule has 150 valence electrons. The Bertz CT molecular complexity index is 979. The van der Waals surface area contributed by atoms with Crippen LogP contribution >= 0.6 is 0 Å². The zero-order chi connectivity index (χ0) is 20.7. The van der Waals surface area contributed by atoms with Gasteiger partial charge in [-0.15, -0.1) is 0 Å². The summed E-state index contributed by atoms with van der Waals surface area (Å²) in [6, 6.07) is 12.1. The van der Waals surface area contributed by atoms with Crippen molar-refractivity contribution in [3.05, 3.63) is 59.2 Å². The number of hydrogen-bond donors (Lipinski definition) is 0. The summed E-state index contributed by atoms with van der Waals surface area (Å²) in [6.45, 7) is 6.00. The molecule has 0 bridgehead atoms. The van der Waals surface area contributed by atoms with Gasteiger partial charge >= 0.3 is 5.97 Å². The summed E-state index contributed by atoms with van der Waals surface area (Å²) in [6.07, 6.45) is 2.52. The topological polar surface area (TPSA) is 63.7 Å². The van der Waals surface area contributed by atoms with Crippen LogP contribution in [0, 0.1) is 31.6 Å². The van der Waals surface area contributed by atoms with E-state index in [0.29, 0.717) is 22.9 Å². The average Bonchev–Trinajstić information content (AvgIpc) is 2.95. The minimum atomic E-state index is -0.466. The van der Waals surface area contributed by atoms with Gasteiger partial charge in [-0.05, 0) is 80.5 Å². The molecule has 0 radical (unpaired) electrons. The van der Waals surface area contributed by atoms with Gasteiger partial charge in [-0.1, -0.05) is 19.1 Å². The highest BCUT2D eigenvalue weighted by Gasteiger charge is 2.49. The lowest BCUT2D eigenvalue weighted by Gasteiger charge is -2.25. The summed E-state index contributed by atoms with van der Waals surface area (Å²) in [4.78, 5) is 39.4. The molecule has 1 heterocycles. The van der Waals surface area contributed by atoms with Crippen molar-refractivity contribution in [2.24, 2.45) is 17.8 Å². The number of benzene rings is 2. The Hall–Kier alpha value is -2.95. The number of aryl methyl sites for hydroxylation is 1. The molecule has 29 heavy (non-hydrogen) atoms. The quantitative estimate of drug-likeness (QED) is 0.441. The standard InChI is InChI=1S/C24H25NO4/c1-14-7-12-19-20(13-14)23(27)25(22(19)26)18-10-8-17(9-11-18)24(28)29-21-6-4-5-15(2)16(21)3/h4-6,8-11,14,19-20H,7,12-13H2,1-3H3/t14-,19+,20-/m0/s1. The lowest BCUT2D eigenvalue weighted by molar-refractivity contribution is -0.122. The van der Waals surface area contributed by atoms with Gasteiger partial charge in [0.1, 0.15) is 5.75 Å². The van der Waals surface area contributed by atoms with Crippen LogP contribution in [0.3, 0.4) is 0 Å². The van der Waals surface area contributed by atoms with E-state index in [2.05, 4.69) is 6.92 Å². The van der Waals surface area contributed by atoms with Crippen LogP contribution in [0.5, 0.6) is 5.75 Å². The van der Waals surface area contributed by atoms with E-state index in [1.165, 1.54) is 4.90 Å². The van der Waals surface area contributed by atoms with E-state index in [0.717, 1.165) is 30.4 Å². The normalized spacial score (nSPS) is 23.8. The first-order valence-corrected chi connectivity index (χ1v) is 10.1. The summed E-state index contributed by atoms with van der Waals surface area (Å²) >= 11 is 0. The lowest BCUT2D eigenvalue weighted by Crippen LogP contribution is -2.30. The first kappa shape index (κ1) is 19.4. The number of nitrogens with zero attached hydrogens (tertiary/aromatic N) is 1. The summed E-state index contributed by atoms with van der Waals surface area (Å²) in [5, 5.41) is 0. The third-order valence-corrected chi connectivity index (χ3v) is 6.31. The molecule has 5 heteroatoms. The highest BCUT2D eigenvalue weighted by Crippen LogP contribution is 2.42. The number of carbonyl (C=O) groups is 3. The van der Waals surface area contributed by atoms with Gasteiger partial charge in [0.2, 0.25) is 11.8 Å². The van der Waals surface area contributed by atoms with Gasteiger partial charge in [-0.25, -0.2) is 4.79 Å². The van der Waals surface area contributed by atoms with Crippen LogP contribution in [-0.2, 0) is 9.59 Å². The molecule has 2 fully saturated rings. The maximum Gasteiger partial charge on any atom is 0.343 e. The molecule has 1 saturated heterocycles. The van der Waals surface area contributed by atoms with Crippen molar-refractivity contribution in [2.75, 3.05) is 4.90 Å². The van der Waals surface area contributed by atoms with Gasteiger partial charge in [0.05, 0.1) is 23.1 Å². The zero-order valence-corrected chi connectivity index (χ0v) is 17.0. The number of rotatable bonds is 3. The van der Waals surface area contributed by atoms with Gasteiger partial charge in [-0.3, -0.25) is 14.5 Å². The predicted molar refractivity (Wildman–Crippen MR) is 110 cm³/mol. The van der Waals surface area contributed by atoms with Crippen LogP contribution in [0.25, 0.3) is 0 Å². The number of carbonyl (C=O) groups excluding carboxylic acids is 3. The van der Waals surface area contributed by atoms with E-state index in [1.807, 2.05) is 26.0 Å². The fourth-order valence-electron chi connectivity index (χ4n) is 4.38. The second kappa shape index (κ2) is 7.47. The molecule has 2 aliphatic rings. The van der Waals surface area contributed by atoms with Crippen molar-refractivity contribution >= 4 is 23.5 Å². The Balaban J connectivity index is 1.52. The number of ether oxygens (including phenoxy) is 1. The minimum Gasteiger partial charge on any atom is -0.423 e. The minimum absolute atomic E-state index is 0.113. The van der Waals surface area contributed by atoms with Gasteiger partial charge in [0.15, 0.2) is 0 Å². The van der Waals surface area contributed by atoms with Gasteiger partial charge in [-0.2, -0.15) is 0 Å². The van der Waals surface area contributed by atoms with Crippen molar-refractivity contribution in [3.63, 3.8) is 0 Å². The molecule has 4 rings (SSSR count). The fourth-order valence-corrected chi connectivity index (χ4v) is 4.38. The van der Waals surface area contributed by atoms with Gasteiger partial charge in [0.25, 0.3) is 0 Å². The maximum absolute atomic E-state index is 12.8. The van der Waals surface area contributed by atoms with E-state index in [9.17, 15) is 14.4 Å². The Morgan fingerprint density at radius 2 is 1.66 bits per heavy atom. The van der Waals surface area contributed by atoms with E-state index in [-0.39, 0.29) is 23.7 Å². The molecule has 2 aromatic carbocycles. The van der Waals surface area contributed by atoms with E-state index in [1.54, 1.807) is 30.3 Å². The van der Waals surface area contributed by atoms with Gasteiger partial charge < -0.3 is 4.74 Å². The Morgan fingerprint density at radius 1 is 0.966 bits per heavy atom. The third kappa shape index (κ3) is 3.46. The maximum atomic E-state index is 12.8. The SMILES string of the molecule is Cc1cccc(OC(=O)c2ccc(N3C(=O)[C@H]4C[C@@H](C)CC[C@H]4C3=O)cc2)c1C. The average molecular weight is 391 g/mol. The number of fused-ring (bicyclic) bond motifs is 1. The molecule has 1 aliphatic heterocycles. The third-order valence-electron chi connectivity index (χ3n) is 6.31. The lowest BCUT2D eigenvalue weighted by atomic mass is 9.76. The molecule has 3 atom stereocenters. The first-order chi connectivity index (χ1) is 13.9. The van der Waals surface area contributed by atoms with Crippen LogP contribution < -0.4 is 9.64 Å². The van der Waals surface area contributed by atoms with Crippen LogP contribution in [0.4, 0.5) is 5.69 Å². The van der Waals surface area contributed by atoms with Gasteiger partial charge in [0, 0.05) is 0 Å². The number of amides is 2. The second-order valence-corrected chi connectivity index (χ2v) is 8.28. The van der Waals surface area contributed by atoms with Crippen LogP contribution in [-0.4, -0.2) is 17.8 Å². The summed E-state index contributed by atoms with van der Waals surface area (Å²) < 4.78 is 5.52. The first-order valence-electron chi connectivity index (χ1n) is 10.1. The number of hydrogen-bond acceptors (Lipinski definition) is 4. The number of esters is 1. The van der Waals surface area contributed by atoms with Crippen molar-refractivity contribution < 1.29 is 19.1 Å². The zero-order valence-electron chi connectivity index (χ0n) is 17.0. The van der Waals surface area contributed by atoms with E-state index < -0.39 is 5.97 Å². The van der Waals surface area contributed by atoms with E-state index in [4.69, 9.17) is 4.74 Å². The van der Waals surface area contributed by atoms with Crippen molar-refractivity contribution in [3.8, 4) is 5.75 Å². The van der Waals surface area contributed by atoms with Crippen LogP contribution in [0.15, 0.2) is 42.5 Å². The summed E-state index contributed by atoms with van der Waals surface area (Å²) in [5.74, 6) is -0.105. The van der Waals surface area contributed by atoms with Crippen molar-refractivity contribution in [2.45, 2.75) is 40.0 Å². The molecule has 1 aliphatic carbocycles. The molecular formula is C24H25NO4. The molecule has 2 aromatic rings. The van der Waals surface area contributed by atoms with Crippen molar-refractivity contribution in [1.82, 2.24) is 0 Å². The monoisotopic (exact) mass is 391 g/mol. The Morgan fingerprint density at radius 3 is 2.38 bits per heavy atom. The molecule has 1 saturated carbocycles. The summed E-state index contributed by atoms with van der Waals surface area (Å²) in [5.41, 5.74) is 2.86. The second-order valence-electron chi connectivity index (χ2n) is 8.28. The molecule has 5 nitrogen and oxygen atoms in total. The highest BCUT2D eigenvalue weighted by molar-refractivity contribution is 6.22. The molecule has 2 amide bonds. The molecule has 0 N–H and O–H groups in total. The largest absolute Gasteiger partial charge is 0.423 e. The van der Waals surface area contributed by atoms with Crippen molar-refractivity contribution in [1.29, 1.82) is 0 Å². The van der Waals surface area contributed by atoms with Crippen LogP contribution in [0.2, 0.25) is 0 Å². The molecular weight excluding hydrogens is 366 g/mol. The Kier molecular flexibility index (Phi) is 4.99. The highest BCUT2D eigenvalue weighted by atomic mass is 16.5. The molecule has 0 spiro atoms. The van der Waals surface area contributed by atoms with E-state index >= 15 is 0 Å². The smallest absolute Gasteiger partial charge is 0.343 e. The predicted octanol–water partition coefficient (Wildman–Crippen LogP) is 4.45. The number of imide groups is 1. The fraction of sp³-hybridized carbons (Fsp3) is 0.375.